The lowest BCUT2D eigenvalue weighted by atomic mass is 10.3. The predicted molar refractivity (Wildman–Crippen MR) is 92.1 cm³/mol. The normalized spacial score (nSPS) is 11.6. The average molecular weight is 430 g/mol. The summed E-state index contributed by atoms with van der Waals surface area (Å²) in [6.07, 6.45) is 0. The Hall–Kier alpha value is -0.310. The highest BCUT2D eigenvalue weighted by Crippen LogP contribution is 2.34. The maximum atomic E-state index is 12.4. The van der Waals surface area contributed by atoms with Crippen LogP contribution in [0.15, 0.2) is 32.9 Å². The second-order valence-corrected chi connectivity index (χ2v) is 9.06. The largest absolute Gasteiger partial charge is 0.315 e. The van der Waals surface area contributed by atoms with Gasteiger partial charge in [-0.15, -0.1) is 11.3 Å². The molecule has 0 unspecified atom stereocenters. The Labute approximate surface area is 145 Å². The van der Waals surface area contributed by atoms with E-state index in [9.17, 15) is 8.42 Å². The minimum absolute atomic E-state index is 0.175. The molecule has 21 heavy (non-hydrogen) atoms. The Morgan fingerprint density at radius 2 is 2.00 bits per heavy atom. The van der Waals surface area contributed by atoms with Gasteiger partial charge in [-0.1, -0.05) is 23.2 Å². The minimum Gasteiger partial charge on any atom is -0.315 e. The third-order valence-electron chi connectivity index (χ3n) is 2.52. The van der Waals surface area contributed by atoms with Crippen molar-refractivity contribution in [2.45, 2.75) is 11.4 Å². The van der Waals surface area contributed by atoms with E-state index in [1.807, 2.05) is 0 Å². The van der Waals surface area contributed by atoms with Gasteiger partial charge in [-0.25, -0.2) is 8.42 Å². The zero-order valence-electron chi connectivity index (χ0n) is 10.8. The summed E-state index contributed by atoms with van der Waals surface area (Å²) in [6, 6.07) is 6.21. The molecular formula is C12H11BrCl2N2O2S2. The van der Waals surface area contributed by atoms with Crippen molar-refractivity contribution in [1.29, 1.82) is 0 Å². The van der Waals surface area contributed by atoms with Gasteiger partial charge in [-0.2, -0.15) is 0 Å². The van der Waals surface area contributed by atoms with Gasteiger partial charge in [0, 0.05) is 16.4 Å². The van der Waals surface area contributed by atoms with Crippen molar-refractivity contribution in [2.75, 3.05) is 11.8 Å². The molecule has 114 valence electrons. The number of rotatable bonds is 5. The van der Waals surface area contributed by atoms with E-state index in [0.717, 1.165) is 4.88 Å². The van der Waals surface area contributed by atoms with Crippen LogP contribution in [0.2, 0.25) is 10.0 Å². The molecule has 0 saturated heterocycles. The van der Waals surface area contributed by atoms with E-state index in [-0.39, 0.29) is 15.6 Å². The number of benzene rings is 1. The van der Waals surface area contributed by atoms with Crippen LogP contribution in [0.5, 0.6) is 0 Å². The van der Waals surface area contributed by atoms with E-state index in [4.69, 9.17) is 23.2 Å². The number of halogens is 3. The fraction of sp³-hybridized carbons (Fsp3) is 0.167. The highest BCUT2D eigenvalue weighted by atomic mass is 79.9. The highest BCUT2D eigenvalue weighted by Gasteiger charge is 2.22. The Morgan fingerprint density at radius 3 is 2.67 bits per heavy atom. The molecule has 4 nitrogen and oxygen atoms in total. The lowest BCUT2D eigenvalue weighted by Crippen LogP contribution is -2.13. The van der Waals surface area contributed by atoms with E-state index >= 15 is 0 Å². The summed E-state index contributed by atoms with van der Waals surface area (Å²) in [4.78, 5) is 1.08. The number of anilines is 1. The zero-order chi connectivity index (χ0) is 15.6. The van der Waals surface area contributed by atoms with Gasteiger partial charge in [0.2, 0.25) is 0 Å². The van der Waals surface area contributed by atoms with Gasteiger partial charge in [0.15, 0.2) is 0 Å². The summed E-state index contributed by atoms with van der Waals surface area (Å²) < 4.78 is 27.9. The number of sulfonamides is 1. The Bertz CT molecular complexity index is 763. The summed E-state index contributed by atoms with van der Waals surface area (Å²) in [5.41, 5.74) is 0.248. The maximum absolute atomic E-state index is 12.4. The summed E-state index contributed by atoms with van der Waals surface area (Å²) in [5.74, 6) is 0. The van der Waals surface area contributed by atoms with E-state index in [1.54, 1.807) is 19.2 Å². The predicted octanol–water partition coefficient (Wildman–Crippen LogP) is 4.34. The summed E-state index contributed by atoms with van der Waals surface area (Å²) >= 11 is 16.5. The van der Waals surface area contributed by atoms with Crippen molar-refractivity contribution in [2.24, 2.45) is 0 Å². The van der Waals surface area contributed by atoms with Crippen LogP contribution in [-0.4, -0.2) is 15.5 Å². The molecule has 0 atom stereocenters. The first-order chi connectivity index (χ1) is 9.83. The van der Waals surface area contributed by atoms with Crippen molar-refractivity contribution >= 4 is 66.2 Å². The molecule has 1 aromatic heterocycles. The fourth-order valence-electron chi connectivity index (χ4n) is 1.62. The van der Waals surface area contributed by atoms with E-state index in [2.05, 4.69) is 26.0 Å². The monoisotopic (exact) mass is 428 g/mol. The molecule has 0 aliphatic heterocycles. The van der Waals surface area contributed by atoms with Gasteiger partial charge in [0.1, 0.15) is 4.90 Å². The number of hydrogen-bond acceptors (Lipinski definition) is 4. The molecule has 0 aliphatic carbocycles. The highest BCUT2D eigenvalue weighted by molar-refractivity contribution is 9.11. The van der Waals surface area contributed by atoms with Crippen LogP contribution in [0.3, 0.4) is 0 Å². The number of thiophene rings is 1. The van der Waals surface area contributed by atoms with E-state index < -0.39 is 10.0 Å². The van der Waals surface area contributed by atoms with Gasteiger partial charge in [0.25, 0.3) is 10.0 Å². The Balaban J connectivity index is 2.36. The first-order valence-electron chi connectivity index (χ1n) is 5.74. The van der Waals surface area contributed by atoms with Crippen LogP contribution in [0.1, 0.15) is 4.88 Å². The van der Waals surface area contributed by atoms with E-state index in [0.29, 0.717) is 15.4 Å². The van der Waals surface area contributed by atoms with Crippen LogP contribution < -0.4 is 10.0 Å². The quantitative estimate of drug-likeness (QED) is 0.743. The molecule has 1 heterocycles. The molecular weight excluding hydrogens is 419 g/mol. The summed E-state index contributed by atoms with van der Waals surface area (Å²) in [7, 11) is -1.94. The van der Waals surface area contributed by atoms with Gasteiger partial charge in [-0.05, 0) is 47.2 Å². The second-order valence-electron chi connectivity index (χ2n) is 4.11. The second kappa shape index (κ2) is 6.85. The summed E-state index contributed by atoms with van der Waals surface area (Å²) in [5, 5.41) is 3.66. The number of hydrogen-bond donors (Lipinski definition) is 2. The molecule has 0 aliphatic rings. The molecule has 2 N–H and O–H groups in total. The third-order valence-corrected chi connectivity index (χ3v) is 6.70. The lowest BCUT2D eigenvalue weighted by Gasteiger charge is -2.09. The topological polar surface area (TPSA) is 58.2 Å². The van der Waals surface area contributed by atoms with Crippen LogP contribution in [0.25, 0.3) is 0 Å². The molecule has 0 spiro atoms. The first-order valence-corrected chi connectivity index (χ1v) is 9.59. The van der Waals surface area contributed by atoms with Crippen LogP contribution in [-0.2, 0) is 16.6 Å². The average Bonchev–Trinajstić information content (AvgIpc) is 2.76. The first kappa shape index (κ1) is 17.1. The van der Waals surface area contributed by atoms with Gasteiger partial charge in [0.05, 0.1) is 14.5 Å². The van der Waals surface area contributed by atoms with Crippen molar-refractivity contribution in [3.8, 4) is 0 Å². The standard InChI is InChI=1S/C12H11BrCl2N2O2S2/c1-16-6-8-5-11(12(13)20-8)21(18,19)17-10-4-7(14)2-3-9(10)15/h2-5,16-17H,6H2,1H3. The van der Waals surface area contributed by atoms with Gasteiger partial charge in [-0.3, -0.25) is 4.72 Å². The minimum atomic E-state index is -3.74. The van der Waals surface area contributed by atoms with Crippen LogP contribution >= 0.6 is 50.5 Å². The summed E-state index contributed by atoms with van der Waals surface area (Å²) in [6.45, 7) is 0.594. The molecule has 0 radical (unpaired) electrons. The van der Waals surface area contributed by atoms with Crippen LogP contribution in [0, 0.1) is 0 Å². The molecule has 0 bridgehead atoms. The van der Waals surface area contributed by atoms with E-state index in [1.165, 1.54) is 23.5 Å². The fourth-order valence-corrected chi connectivity index (χ4v) is 5.78. The van der Waals surface area contributed by atoms with Gasteiger partial charge < -0.3 is 5.32 Å². The van der Waals surface area contributed by atoms with Crippen molar-refractivity contribution in [3.05, 3.63) is 43.0 Å². The van der Waals surface area contributed by atoms with Crippen LogP contribution in [0.4, 0.5) is 5.69 Å². The molecule has 2 rings (SSSR count). The maximum Gasteiger partial charge on any atom is 0.263 e. The zero-order valence-corrected chi connectivity index (χ0v) is 15.5. The number of nitrogens with one attached hydrogen (secondary N) is 2. The van der Waals surface area contributed by atoms with Crippen molar-refractivity contribution in [1.82, 2.24) is 5.32 Å². The molecule has 0 saturated carbocycles. The molecule has 0 amide bonds. The molecule has 1 aromatic carbocycles. The Kier molecular flexibility index (Phi) is 5.56. The SMILES string of the molecule is CNCc1cc(S(=O)(=O)Nc2cc(Cl)ccc2Cl)c(Br)s1. The van der Waals surface area contributed by atoms with Gasteiger partial charge >= 0.3 is 0 Å². The molecule has 0 fully saturated rings. The smallest absolute Gasteiger partial charge is 0.263 e. The lowest BCUT2D eigenvalue weighted by molar-refractivity contribution is 0.601. The van der Waals surface area contributed by atoms with Crippen molar-refractivity contribution in [3.63, 3.8) is 0 Å². The molecule has 2 aromatic rings. The van der Waals surface area contributed by atoms with Crippen molar-refractivity contribution < 1.29 is 8.42 Å². The molecule has 9 heteroatoms. The Morgan fingerprint density at radius 1 is 1.29 bits per heavy atom. The third kappa shape index (κ3) is 4.12.